The molecule has 1 saturated carbocycles. The predicted molar refractivity (Wildman–Crippen MR) is 70.8 cm³/mol. The summed E-state index contributed by atoms with van der Waals surface area (Å²) in [7, 11) is 0. The van der Waals surface area contributed by atoms with Crippen LogP contribution in [0.2, 0.25) is 0 Å². The highest BCUT2D eigenvalue weighted by Crippen LogP contribution is 2.44. The molecule has 17 heavy (non-hydrogen) atoms. The van der Waals surface area contributed by atoms with Crippen molar-refractivity contribution >= 4 is 0 Å². The van der Waals surface area contributed by atoms with Gasteiger partial charge in [0, 0.05) is 12.5 Å². The van der Waals surface area contributed by atoms with Crippen molar-refractivity contribution in [3.05, 3.63) is 23.8 Å². The van der Waals surface area contributed by atoms with E-state index < -0.39 is 0 Å². The Morgan fingerprint density at radius 3 is 3.06 bits per heavy atom. The van der Waals surface area contributed by atoms with Crippen molar-refractivity contribution < 1.29 is 4.74 Å². The molecule has 3 rings (SSSR count). The third-order valence-corrected chi connectivity index (χ3v) is 4.99. The molecule has 1 nitrogen and oxygen atoms in total. The third-order valence-electron chi connectivity index (χ3n) is 4.99. The van der Waals surface area contributed by atoms with E-state index in [-0.39, 0.29) is 0 Å². The van der Waals surface area contributed by atoms with Crippen LogP contribution in [0, 0.1) is 17.8 Å². The number of fused-ring (bicyclic) bond motifs is 2. The Kier molecular flexibility index (Phi) is 3.12. The topological polar surface area (TPSA) is 9.23 Å². The minimum absolute atomic E-state index is 0.475. The van der Waals surface area contributed by atoms with E-state index in [0.29, 0.717) is 12.0 Å². The fourth-order valence-corrected chi connectivity index (χ4v) is 3.99. The quantitative estimate of drug-likeness (QED) is 0.618. The molecule has 1 heteroatoms. The zero-order chi connectivity index (χ0) is 11.8. The summed E-state index contributed by atoms with van der Waals surface area (Å²) in [6.07, 6.45) is 10.6. The molecule has 0 spiro atoms. The van der Waals surface area contributed by atoms with Gasteiger partial charge in [-0.15, -0.1) is 0 Å². The number of hydrogen-bond donors (Lipinski definition) is 0. The second-order valence-electron chi connectivity index (χ2n) is 6.30. The highest BCUT2D eigenvalue weighted by Gasteiger charge is 2.40. The van der Waals surface area contributed by atoms with Crippen molar-refractivity contribution in [1.29, 1.82) is 0 Å². The molecule has 1 saturated heterocycles. The van der Waals surface area contributed by atoms with Crippen molar-refractivity contribution in [1.82, 2.24) is 0 Å². The van der Waals surface area contributed by atoms with Crippen LogP contribution < -0.4 is 0 Å². The van der Waals surface area contributed by atoms with Gasteiger partial charge in [0.05, 0.1) is 6.10 Å². The van der Waals surface area contributed by atoms with E-state index in [1.54, 1.807) is 5.57 Å². The Labute approximate surface area is 105 Å². The van der Waals surface area contributed by atoms with Gasteiger partial charge >= 0.3 is 0 Å². The van der Waals surface area contributed by atoms with E-state index in [9.17, 15) is 0 Å². The van der Waals surface area contributed by atoms with Gasteiger partial charge < -0.3 is 4.74 Å². The van der Waals surface area contributed by atoms with Gasteiger partial charge in [0.25, 0.3) is 0 Å². The minimum Gasteiger partial charge on any atom is -0.377 e. The maximum atomic E-state index is 6.22. The monoisotopic (exact) mass is 232 g/mol. The lowest BCUT2D eigenvalue weighted by atomic mass is 9.69. The maximum absolute atomic E-state index is 6.22. The zero-order valence-corrected chi connectivity index (χ0v) is 11.0. The summed E-state index contributed by atoms with van der Waals surface area (Å²) >= 11 is 0. The summed E-state index contributed by atoms with van der Waals surface area (Å²) < 4.78 is 6.22. The fraction of sp³-hybridized carbons (Fsp3) is 0.750. The van der Waals surface area contributed by atoms with Crippen molar-refractivity contribution in [3.63, 3.8) is 0 Å². The Morgan fingerprint density at radius 1 is 1.35 bits per heavy atom. The molecule has 0 N–H and O–H groups in total. The summed E-state index contributed by atoms with van der Waals surface area (Å²) in [6, 6.07) is 0. The summed E-state index contributed by atoms with van der Waals surface area (Å²) in [6.45, 7) is 7.58. The Balaban J connectivity index is 1.74. The average Bonchev–Trinajstić information content (AvgIpc) is 2.34. The van der Waals surface area contributed by atoms with Crippen LogP contribution in [0.3, 0.4) is 0 Å². The van der Waals surface area contributed by atoms with E-state index >= 15 is 0 Å². The second kappa shape index (κ2) is 4.61. The van der Waals surface area contributed by atoms with Crippen LogP contribution in [0.15, 0.2) is 23.8 Å². The van der Waals surface area contributed by atoms with Gasteiger partial charge in [0.1, 0.15) is 0 Å². The van der Waals surface area contributed by atoms with Gasteiger partial charge in [-0.25, -0.2) is 0 Å². The summed E-state index contributed by atoms with van der Waals surface area (Å²) in [4.78, 5) is 0. The van der Waals surface area contributed by atoms with E-state index in [0.717, 1.165) is 18.4 Å². The standard InChI is InChI=1S/C16H24O/c1-11-4-3-5-14(8-11)16-15-9-13(10-17-16)7-6-12(15)2/h4,13-16H,2-3,5-10H2,1H3/t13-,14-,15+,16-/m0/s1. The average molecular weight is 232 g/mol. The zero-order valence-electron chi connectivity index (χ0n) is 11.0. The van der Waals surface area contributed by atoms with E-state index in [4.69, 9.17) is 4.74 Å². The van der Waals surface area contributed by atoms with Crippen molar-refractivity contribution in [2.45, 2.75) is 51.6 Å². The van der Waals surface area contributed by atoms with Crippen LogP contribution in [-0.4, -0.2) is 12.7 Å². The first-order valence-corrected chi connectivity index (χ1v) is 7.19. The fourth-order valence-electron chi connectivity index (χ4n) is 3.99. The molecule has 4 atom stereocenters. The molecule has 2 aliphatic carbocycles. The molecule has 1 heterocycles. The van der Waals surface area contributed by atoms with Crippen LogP contribution in [0.25, 0.3) is 0 Å². The first-order chi connectivity index (χ1) is 8.24. The second-order valence-corrected chi connectivity index (χ2v) is 6.30. The maximum Gasteiger partial charge on any atom is 0.0671 e. The lowest BCUT2D eigenvalue weighted by Gasteiger charge is -2.45. The normalized spacial score (nSPS) is 42.2. The predicted octanol–water partition coefficient (Wildman–Crippen LogP) is 4.10. The molecule has 0 aromatic heterocycles. The SMILES string of the molecule is C=C1CC[C@@H]2CO[C@@H]([C@H]3CCC=C(C)C3)[C@@H]1C2. The van der Waals surface area contributed by atoms with Gasteiger partial charge in [0.15, 0.2) is 0 Å². The Hall–Kier alpha value is -0.560. The summed E-state index contributed by atoms with van der Waals surface area (Å²) in [5.74, 6) is 2.24. The number of allylic oxidation sites excluding steroid dienone is 2. The molecule has 0 radical (unpaired) electrons. The molecule has 0 aromatic rings. The number of hydrogen-bond acceptors (Lipinski definition) is 1. The molecule has 3 aliphatic rings. The molecule has 0 aromatic carbocycles. The summed E-state index contributed by atoms with van der Waals surface area (Å²) in [5.41, 5.74) is 3.03. The largest absolute Gasteiger partial charge is 0.377 e. The molecule has 0 amide bonds. The van der Waals surface area contributed by atoms with E-state index in [1.165, 1.54) is 44.1 Å². The highest BCUT2D eigenvalue weighted by molar-refractivity contribution is 5.13. The smallest absolute Gasteiger partial charge is 0.0671 e. The lowest BCUT2D eigenvalue weighted by Crippen LogP contribution is -2.43. The van der Waals surface area contributed by atoms with Crippen LogP contribution in [0.5, 0.6) is 0 Å². The molecule has 1 aliphatic heterocycles. The minimum atomic E-state index is 0.475. The summed E-state index contributed by atoms with van der Waals surface area (Å²) in [5, 5.41) is 0. The van der Waals surface area contributed by atoms with Crippen LogP contribution in [0.4, 0.5) is 0 Å². The Morgan fingerprint density at radius 2 is 2.24 bits per heavy atom. The van der Waals surface area contributed by atoms with Gasteiger partial charge in [0.2, 0.25) is 0 Å². The number of rotatable bonds is 1. The van der Waals surface area contributed by atoms with Crippen LogP contribution >= 0.6 is 0 Å². The van der Waals surface area contributed by atoms with Crippen molar-refractivity contribution in [3.8, 4) is 0 Å². The van der Waals surface area contributed by atoms with E-state index in [1.807, 2.05) is 0 Å². The van der Waals surface area contributed by atoms with Crippen molar-refractivity contribution in [2.75, 3.05) is 6.61 Å². The molecular formula is C16H24O. The molecule has 2 bridgehead atoms. The van der Waals surface area contributed by atoms with Gasteiger partial charge in [-0.2, -0.15) is 0 Å². The first-order valence-electron chi connectivity index (χ1n) is 7.19. The van der Waals surface area contributed by atoms with Gasteiger partial charge in [-0.1, -0.05) is 23.8 Å². The van der Waals surface area contributed by atoms with Crippen molar-refractivity contribution in [2.24, 2.45) is 17.8 Å². The lowest BCUT2D eigenvalue weighted by molar-refractivity contribution is -0.0881. The Bertz CT molecular complexity index is 341. The van der Waals surface area contributed by atoms with Gasteiger partial charge in [-0.05, 0) is 57.3 Å². The number of ether oxygens (including phenoxy) is 1. The van der Waals surface area contributed by atoms with E-state index in [2.05, 4.69) is 19.6 Å². The first kappa shape index (κ1) is 11.5. The molecule has 2 fully saturated rings. The van der Waals surface area contributed by atoms with Crippen LogP contribution in [0.1, 0.15) is 45.4 Å². The molecular weight excluding hydrogens is 208 g/mol. The molecule has 0 unspecified atom stereocenters. The van der Waals surface area contributed by atoms with Gasteiger partial charge in [-0.3, -0.25) is 0 Å². The highest BCUT2D eigenvalue weighted by atomic mass is 16.5. The van der Waals surface area contributed by atoms with Crippen LogP contribution in [-0.2, 0) is 4.74 Å². The molecule has 94 valence electrons. The third kappa shape index (κ3) is 2.22.